The van der Waals surface area contributed by atoms with Gasteiger partial charge in [-0.2, -0.15) is 0 Å². The van der Waals surface area contributed by atoms with E-state index in [0.29, 0.717) is 11.7 Å². The van der Waals surface area contributed by atoms with Gasteiger partial charge in [0, 0.05) is 12.1 Å². The Hall–Kier alpha value is -2.02. The van der Waals surface area contributed by atoms with Crippen LogP contribution in [0.4, 0.5) is 0 Å². The number of benzene rings is 1. The number of rotatable bonds is 10. The average molecular weight is 419 g/mol. The van der Waals surface area contributed by atoms with Gasteiger partial charge in [0.25, 0.3) is 0 Å². The van der Waals surface area contributed by atoms with Gasteiger partial charge < -0.3 is 14.6 Å². The van der Waals surface area contributed by atoms with Crippen molar-refractivity contribution in [1.82, 2.24) is 20.1 Å². The molecule has 1 heterocycles. The maximum absolute atomic E-state index is 12.1. The van der Waals surface area contributed by atoms with Crippen molar-refractivity contribution in [1.29, 1.82) is 0 Å². The number of nitrogens with one attached hydrogen (secondary N) is 1. The molecular formula is C22H34N4O2S. The zero-order valence-electron chi connectivity index (χ0n) is 18.6. The van der Waals surface area contributed by atoms with E-state index in [1.165, 1.54) is 17.3 Å². The van der Waals surface area contributed by atoms with E-state index in [-0.39, 0.29) is 24.1 Å². The van der Waals surface area contributed by atoms with Crippen molar-refractivity contribution in [3.8, 4) is 5.75 Å². The summed E-state index contributed by atoms with van der Waals surface area (Å²) in [4.78, 5) is 12.1. The molecule has 0 aliphatic carbocycles. The summed E-state index contributed by atoms with van der Waals surface area (Å²) >= 11 is 1.41. The molecule has 6 nitrogen and oxygen atoms in total. The molecule has 0 bridgehead atoms. The van der Waals surface area contributed by atoms with E-state index in [1.54, 1.807) is 0 Å². The van der Waals surface area contributed by atoms with Crippen molar-refractivity contribution in [3.63, 3.8) is 0 Å². The summed E-state index contributed by atoms with van der Waals surface area (Å²) < 4.78 is 8.34. The summed E-state index contributed by atoms with van der Waals surface area (Å²) in [5, 5.41) is 12.5. The smallest absolute Gasteiger partial charge is 0.230 e. The Labute approximate surface area is 178 Å². The van der Waals surface area contributed by atoms with E-state index in [9.17, 15) is 4.79 Å². The fourth-order valence-corrected chi connectivity index (χ4v) is 3.89. The Morgan fingerprint density at radius 2 is 1.83 bits per heavy atom. The molecule has 0 spiro atoms. The third kappa shape index (κ3) is 6.23. The van der Waals surface area contributed by atoms with Crippen LogP contribution in [0.15, 0.2) is 29.4 Å². The lowest BCUT2D eigenvalue weighted by atomic mass is 10.0. The number of thioether (sulfide) groups is 1. The molecule has 29 heavy (non-hydrogen) atoms. The van der Waals surface area contributed by atoms with Crippen molar-refractivity contribution in [2.24, 2.45) is 0 Å². The number of carbonyl (C=O) groups is 1. The van der Waals surface area contributed by atoms with Crippen LogP contribution in [0.3, 0.4) is 0 Å². The van der Waals surface area contributed by atoms with E-state index in [1.807, 2.05) is 32.0 Å². The van der Waals surface area contributed by atoms with Crippen molar-refractivity contribution in [2.45, 2.75) is 84.1 Å². The predicted molar refractivity (Wildman–Crippen MR) is 119 cm³/mol. The highest BCUT2D eigenvalue weighted by atomic mass is 32.2. The highest BCUT2D eigenvalue weighted by Gasteiger charge is 2.23. The van der Waals surface area contributed by atoms with Crippen molar-refractivity contribution >= 4 is 17.7 Å². The summed E-state index contributed by atoms with van der Waals surface area (Å²) in [6.45, 7) is 14.5. The van der Waals surface area contributed by atoms with Gasteiger partial charge in [-0.1, -0.05) is 50.7 Å². The molecule has 2 rings (SSSR count). The lowest BCUT2D eigenvalue weighted by molar-refractivity contribution is -0.119. The molecule has 160 valence electrons. The van der Waals surface area contributed by atoms with E-state index in [0.717, 1.165) is 23.2 Å². The second kappa shape index (κ2) is 10.7. The average Bonchev–Trinajstić information content (AvgIpc) is 3.11. The first-order valence-corrected chi connectivity index (χ1v) is 11.4. The molecule has 0 aliphatic heterocycles. The minimum atomic E-state index is -0.256. The Balaban J connectivity index is 2.16. The Bertz CT molecular complexity index is 804. The summed E-state index contributed by atoms with van der Waals surface area (Å²) in [7, 11) is 0. The van der Waals surface area contributed by atoms with E-state index in [2.05, 4.69) is 60.8 Å². The van der Waals surface area contributed by atoms with Crippen LogP contribution < -0.4 is 10.1 Å². The van der Waals surface area contributed by atoms with Crippen molar-refractivity contribution in [2.75, 3.05) is 5.75 Å². The molecule has 0 saturated carbocycles. The first kappa shape index (κ1) is 23.3. The maximum atomic E-state index is 12.1. The maximum Gasteiger partial charge on any atom is 0.230 e. The van der Waals surface area contributed by atoms with Crippen LogP contribution in [-0.2, 0) is 4.79 Å². The largest absolute Gasteiger partial charge is 0.482 e. The zero-order chi connectivity index (χ0) is 21.6. The van der Waals surface area contributed by atoms with Crippen molar-refractivity contribution < 1.29 is 9.53 Å². The molecule has 1 aromatic carbocycles. The Morgan fingerprint density at radius 1 is 1.14 bits per heavy atom. The van der Waals surface area contributed by atoms with Crippen LogP contribution in [0.5, 0.6) is 5.75 Å². The predicted octanol–water partition coefficient (Wildman–Crippen LogP) is 5.13. The molecule has 1 aromatic heterocycles. The van der Waals surface area contributed by atoms with Gasteiger partial charge in [0.15, 0.2) is 17.1 Å². The Morgan fingerprint density at radius 3 is 2.45 bits per heavy atom. The molecule has 0 saturated heterocycles. The second-order valence-corrected chi connectivity index (χ2v) is 8.87. The molecule has 1 amide bonds. The molecule has 7 heteroatoms. The van der Waals surface area contributed by atoms with Gasteiger partial charge in [-0.25, -0.2) is 0 Å². The quantitative estimate of drug-likeness (QED) is 0.542. The number of para-hydroxylation sites is 1. The molecule has 0 aliphatic rings. The molecule has 2 aromatic rings. The van der Waals surface area contributed by atoms with E-state index < -0.39 is 0 Å². The van der Waals surface area contributed by atoms with Crippen LogP contribution >= 0.6 is 11.8 Å². The van der Waals surface area contributed by atoms with Gasteiger partial charge >= 0.3 is 0 Å². The van der Waals surface area contributed by atoms with Gasteiger partial charge in [0.2, 0.25) is 5.91 Å². The van der Waals surface area contributed by atoms with Gasteiger partial charge in [-0.05, 0) is 51.7 Å². The number of hydrogen-bond donors (Lipinski definition) is 1. The lowest BCUT2D eigenvalue weighted by Crippen LogP contribution is -2.33. The van der Waals surface area contributed by atoms with Crippen molar-refractivity contribution in [3.05, 3.63) is 35.7 Å². The standard InChI is InChI=1S/C22H34N4O2S/c1-8-16(6)23-20(27)13-29-22-25-24-21(26(22)15(4)5)17(7)28-19-12-10-9-11-18(19)14(2)3/h9-12,14-17H,8,13H2,1-7H3,(H,23,27). The normalized spacial score (nSPS) is 13.6. The minimum absolute atomic E-state index is 0.0133. The topological polar surface area (TPSA) is 69.0 Å². The number of ether oxygens (including phenoxy) is 1. The number of amides is 1. The summed E-state index contributed by atoms with van der Waals surface area (Å²) in [6.07, 6.45) is 0.656. The SMILES string of the molecule is CCC(C)NC(=O)CSc1nnc(C(C)Oc2ccccc2C(C)C)n1C(C)C. The molecular weight excluding hydrogens is 384 g/mol. The molecule has 1 N–H and O–H groups in total. The zero-order valence-corrected chi connectivity index (χ0v) is 19.4. The van der Waals surface area contributed by atoms with Gasteiger partial charge in [0.1, 0.15) is 5.75 Å². The lowest BCUT2D eigenvalue weighted by Gasteiger charge is -2.21. The minimum Gasteiger partial charge on any atom is -0.482 e. The van der Waals surface area contributed by atoms with Crippen LogP contribution in [0.1, 0.15) is 84.3 Å². The third-order valence-corrected chi connectivity index (χ3v) is 5.71. The molecule has 2 atom stereocenters. The van der Waals surface area contributed by atoms with Gasteiger partial charge in [-0.3, -0.25) is 4.79 Å². The molecule has 2 unspecified atom stereocenters. The fourth-order valence-electron chi connectivity index (χ4n) is 3.01. The van der Waals surface area contributed by atoms with Crippen LogP contribution in [0.25, 0.3) is 0 Å². The third-order valence-electron chi connectivity index (χ3n) is 4.77. The van der Waals surface area contributed by atoms with Gasteiger partial charge in [0.05, 0.1) is 5.75 Å². The highest BCUT2D eigenvalue weighted by Crippen LogP contribution is 2.31. The highest BCUT2D eigenvalue weighted by molar-refractivity contribution is 7.99. The fraction of sp³-hybridized carbons (Fsp3) is 0.591. The van der Waals surface area contributed by atoms with Crippen LogP contribution in [0.2, 0.25) is 0 Å². The summed E-state index contributed by atoms with van der Waals surface area (Å²) in [5.41, 5.74) is 1.17. The number of aromatic nitrogens is 3. The molecule has 0 radical (unpaired) electrons. The first-order valence-electron chi connectivity index (χ1n) is 10.4. The summed E-state index contributed by atoms with van der Waals surface area (Å²) in [5.74, 6) is 2.34. The van der Waals surface area contributed by atoms with Crippen LogP contribution in [-0.4, -0.2) is 32.5 Å². The van der Waals surface area contributed by atoms with E-state index >= 15 is 0 Å². The second-order valence-electron chi connectivity index (χ2n) is 7.92. The van der Waals surface area contributed by atoms with Gasteiger partial charge in [-0.15, -0.1) is 10.2 Å². The number of nitrogens with zero attached hydrogens (tertiary/aromatic N) is 3. The molecule has 0 fully saturated rings. The Kier molecular flexibility index (Phi) is 8.56. The number of carbonyl (C=O) groups excluding carboxylic acids is 1. The van der Waals surface area contributed by atoms with Crippen LogP contribution in [0, 0.1) is 0 Å². The number of hydrogen-bond acceptors (Lipinski definition) is 5. The monoisotopic (exact) mass is 418 g/mol. The summed E-state index contributed by atoms with van der Waals surface area (Å²) in [6, 6.07) is 8.44. The van der Waals surface area contributed by atoms with E-state index in [4.69, 9.17) is 4.74 Å². The first-order chi connectivity index (χ1) is 13.7.